The Kier molecular flexibility index (Phi) is 8.41. The van der Waals surface area contributed by atoms with Crippen molar-refractivity contribution >= 4 is 17.8 Å². The average molecular weight is 444 g/mol. The monoisotopic (exact) mass is 444 g/mol. The number of hydrogen-bond donors (Lipinski definition) is 1. The first kappa shape index (κ1) is 24.9. The molecule has 0 spiro atoms. The Hall–Kier alpha value is -3.35. The number of allylic oxidation sites excluding steroid dienone is 2. The van der Waals surface area contributed by atoms with E-state index in [2.05, 4.69) is 28.5 Å². The van der Waals surface area contributed by atoms with Crippen molar-refractivity contribution in [3.8, 4) is 16.9 Å². The molecule has 7 heteroatoms. The molecule has 170 valence electrons. The molecule has 0 aliphatic rings. The maximum Gasteiger partial charge on any atom is 0.573 e. The lowest BCUT2D eigenvalue weighted by Crippen LogP contribution is -2.20. The van der Waals surface area contributed by atoms with Crippen molar-refractivity contribution in [1.29, 1.82) is 0 Å². The van der Waals surface area contributed by atoms with E-state index in [-0.39, 0.29) is 18.2 Å². The molecule has 0 bridgehead atoms. The number of amides is 1. The number of nitrogens with zero attached hydrogens (tertiary/aromatic N) is 1. The average Bonchev–Trinajstić information content (AvgIpc) is 2.74. The van der Waals surface area contributed by atoms with Gasteiger partial charge in [-0.25, -0.2) is 0 Å². The van der Waals surface area contributed by atoms with E-state index in [4.69, 9.17) is 0 Å². The Bertz CT molecular complexity index is 1040. The quantitative estimate of drug-likeness (QED) is 0.363. The Morgan fingerprint density at radius 3 is 2.41 bits per heavy atom. The molecule has 1 N–H and O–H groups in total. The minimum atomic E-state index is -4.75. The summed E-state index contributed by atoms with van der Waals surface area (Å²) in [5.41, 5.74) is 6.08. The minimum Gasteiger partial charge on any atom is -0.406 e. The number of aliphatic imine (C=N–C) groups is 1. The highest BCUT2D eigenvalue weighted by Crippen LogP contribution is 2.36. The molecule has 0 radical (unpaired) electrons. The topological polar surface area (TPSA) is 50.7 Å². The summed E-state index contributed by atoms with van der Waals surface area (Å²) in [7, 11) is 0. The second-order valence-electron chi connectivity index (χ2n) is 7.32. The van der Waals surface area contributed by atoms with Crippen LogP contribution in [-0.4, -0.2) is 18.5 Å². The van der Waals surface area contributed by atoms with E-state index in [9.17, 15) is 18.0 Å². The number of carbonyl (C=O) groups is 1. The normalized spacial score (nSPS) is 12.2. The number of carbonyl (C=O) groups excluding carboxylic acids is 1. The summed E-state index contributed by atoms with van der Waals surface area (Å²) in [4.78, 5) is 16.3. The van der Waals surface area contributed by atoms with Crippen molar-refractivity contribution in [2.45, 2.75) is 47.0 Å². The van der Waals surface area contributed by atoms with E-state index in [1.807, 2.05) is 32.9 Å². The molecule has 4 nitrogen and oxygen atoms in total. The minimum absolute atomic E-state index is 0.269. The van der Waals surface area contributed by atoms with E-state index < -0.39 is 6.36 Å². The summed E-state index contributed by atoms with van der Waals surface area (Å²) in [6.07, 6.45) is 1.04. The lowest BCUT2D eigenvalue weighted by atomic mass is 9.92. The summed E-state index contributed by atoms with van der Waals surface area (Å²) in [6, 6.07) is 7.61. The van der Waals surface area contributed by atoms with Gasteiger partial charge >= 0.3 is 6.36 Å². The van der Waals surface area contributed by atoms with Crippen LogP contribution in [0.2, 0.25) is 0 Å². The predicted molar refractivity (Wildman–Crippen MR) is 122 cm³/mol. The summed E-state index contributed by atoms with van der Waals surface area (Å²) in [5, 5.41) is 2.77. The Morgan fingerprint density at radius 2 is 1.84 bits per heavy atom. The molecule has 0 saturated carbocycles. The highest BCUT2D eigenvalue weighted by Gasteiger charge is 2.31. The second kappa shape index (κ2) is 10.8. The summed E-state index contributed by atoms with van der Waals surface area (Å²) >= 11 is 0. The summed E-state index contributed by atoms with van der Waals surface area (Å²) in [5.74, 6) is -0.588. The van der Waals surface area contributed by atoms with Crippen molar-refractivity contribution in [2.75, 3.05) is 0 Å². The van der Waals surface area contributed by atoms with Gasteiger partial charge in [-0.2, -0.15) is 0 Å². The van der Waals surface area contributed by atoms with Gasteiger partial charge < -0.3 is 10.1 Å². The van der Waals surface area contributed by atoms with Crippen LogP contribution in [0, 0.1) is 13.8 Å². The molecule has 2 aromatic rings. The van der Waals surface area contributed by atoms with E-state index in [0.717, 1.165) is 34.4 Å². The first-order chi connectivity index (χ1) is 15.1. The van der Waals surface area contributed by atoms with Gasteiger partial charge in [-0.05, 0) is 85.4 Å². The van der Waals surface area contributed by atoms with E-state index >= 15 is 0 Å². The van der Waals surface area contributed by atoms with Crippen LogP contribution >= 0.6 is 0 Å². The van der Waals surface area contributed by atoms with E-state index in [0.29, 0.717) is 5.56 Å². The number of rotatable bonds is 8. The fraction of sp³-hybridized carbons (Fsp3) is 0.280. The van der Waals surface area contributed by atoms with Gasteiger partial charge in [0, 0.05) is 12.8 Å². The van der Waals surface area contributed by atoms with Gasteiger partial charge in [-0.15, -0.1) is 13.2 Å². The molecular formula is C25H27F3N2O2. The van der Waals surface area contributed by atoms with Crippen molar-refractivity contribution in [2.24, 2.45) is 4.99 Å². The maximum absolute atomic E-state index is 12.5. The number of benzene rings is 2. The van der Waals surface area contributed by atoms with Crippen LogP contribution in [-0.2, 0) is 11.3 Å². The fourth-order valence-corrected chi connectivity index (χ4v) is 3.08. The van der Waals surface area contributed by atoms with Gasteiger partial charge in [0.25, 0.3) is 0 Å². The highest BCUT2D eigenvalue weighted by molar-refractivity contribution is 5.87. The molecule has 2 rings (SSSR count). The maximum atomic E-state index is 12.5. The molecule has 2 aromatic carbocycles. The molecule has 0 atom stereocenters. The number of halogens is 3. The van der Waals surface area contributed by atoms with Gasteiger partial charge in [0.1, 0.15) is 5.75 Å². The van der Waals surface area contributed by atoms with Crippen LogP contribution in [0.5, 0.6) is 5.75 Å². The zero-order valence-corrected chi connectivity index (χ0v) is 18.6. The Labute approximate surface area is 186 Å². The molecule has 0 heterocycles. The van der Waals surface area contributed by atoms with Crippen LogP contribution < -0.4 is 10.1 Å². The predicted octanol–water partition coefficient (Wildman–Crippen LogP) is 6.73. The van der Waals surface area contributed by atoms with Crippen LogP contribution in [0.25, 0.3) is 11.1 Å². The number of hydrogen-bond acceptors (Lipinski definition) is 3. The third kappa shape index (κ3) is 6.83. The SMILES string of the molecule is C=CC(=O)NCc1cc(-c2ccc(OC(F)(F)F)cc2)c(C)c(N=CC=C(C)CC)c1C. The van der Waals surface area contributed by atoms with Gasteiger partial charge in [-0.3, -0.25) is 9.79 Å². The molecule has 1 amide bonds. The highest BCUT2D eigenvalue weighted by atomic mass is 19.4. The second-order valence-corrected chi connectivity index (χ2v) is 7.32. The van der Waals surface area contributed by atoms with Gasteiger partial charge in [-0.1, -0.05) is 31.2 Å². The van der Waals surface area contributed by atoms with Gasteiger partial charge in [0.15, 0.2) is 0 Å². The van der Waals surface area contributed by atoms with Crippen LogP contribution in [0.15, 0.2) is 59.6 Å². The van der Waals surface area contributed by atoms with Crippen molar-refractivity contribution < 1.29 is 22.7 Å². The zero-order valence-electron chi connectivity index (χ0n) is 18.6. The number of ether oxygens (including phenoxy) is 1. The first-order valence-electron chi connectivity index (χ1n) is 10.1. The lowest BCUT2D eigenvalue weighted by Gasteiger charge is -2.17. The Morgan fingerprint density at radius 1 is 1.19 bits per heavy atom. The molecule has 0 unspecified atom stereocenters. The molecule has 0 aromatic heterocycles. The van der Waals surface area contributed by atoms with Gasteiger partial charge in [0.05, 0.1) is 5.69 Å². The largest absolute Gasteiger partial charge is 0.573 e. The zero-order chi connectivity index (χ0) is 23.9. The third-order valence-corrected chi connectivity index (χ3v) is 5.07. The number of alkyl halides is 3. The number of nitrogens with one attached hydrogen (secondary N) is 1. The fourth-order valence-electron chi connectivity index (χ4n) is 3.08. The van der Waals surface area contributed by atoms with Crippen molar-refractivity contribution in [3.05, 3.63) is 71.3 Å². The lowest BCUT2D eigenvalue weighted by molar-refractivity contribution is -0.274. The van der Waals surface area contributed by atoms with E-state index in [1.165, 1.54) is 23.8 Å². The summed E-state index contributed by atoms with van der Waals surface area (Å²) in [6.45, 7) is 11.6. The standard InChI is InChI=1S/C25H27F3N2O2/c1-6-16(3)12-13-29-24-17(4)20(15-30-23(31)7-2)14-22(18(24)5)19-8-10-21(11-9-19)32-25(26,27)28/h7-14H,2,6,15H2,1,3-5H3,(H,30,31). The van der Waals surface area contributed by atoms with Crippen LogP contribution in [0.1, 0.15) is 37.0 Å². The molecule has 0 aliphatic carbocycles. The van der Waals surface area contributed by atoms with E-state index in [1.54, 1.807) is 18.3 Å². The molecule has 0 saturated heterocycles. The molecular weight excluding hydrogens is 417 g/mol. The summed E-state index contributed by atoms with van der Waals surface area (Å²) < 4.78 is 41.4. The molecule has 32 heavy (non-hydrogen) atoms. The van der Waals surface area contributed by atoms with Crippen LogP contribution in [0.4, 0.5) is 18.9 Å². The van der Waals surface area contributed by atoms with Crippen molar-refractivity contribution in [3.63, 3.8) is 0 Å². The molecule has 0 aliphatic heterocycles. The first-order valence-corrected chi connectivity index (χ1v) is 10.1. The Balaban J connectivity index is 2.54. The smallest absolute Gasteiger partial charge is 0.406 e. The van der Waals surface area contributed by atoms with Crippen molar-refractivity contribution in [1.82, 2.24) is 5.32 Å². The van der Waals surface area contributed by atoms with Gasteiger partial charge in [0.2, 0.25) is 5.91 Å². The van der Waals surface area contributed by atoms with Crippen LogP contribution in [0.3, 0.4) is 0 Å². The third-order valence-electron chi connectivity index (χ3n) is 5.07. The molecule has 0 fully saturated rings.